The van der Waals surface area contributed by atoms with Gasteiger partial charge >= 0.3 is 6.03 Å². The summed E-state index contributed by atoms with van der Waals surface area (Å²) in [6, 6.07) is 0.279. The largest absolute Gasteiger partial charge is 0.363 e. The quantitative estimate of drug-likeness (QED) is 0.201. The molecule has 6 amide bonds. The Balaban J connectivity index is 1.52. The summed E-state index contributed by atoms with van der Waals surface area (Å²) in [6.07, 6.45) is 6.24. The van der Waals surface area contributed by atoms with Gasteiger partial charge in [0.1, 0.15) is 17.6 Å². The number of carbonyl (C=O) groups is 6. The number of primary amides is 1. The van der Waals surface area contributed by atoms with Crippen LogP contribution >= 0.6 is 11.3 Å². The normalized spacial score (nSPS) is 22.2. The average Bonchev–Trinajstić information content (AvgIpc) is 3.47. The molecule has 4 rings (SSSR count). The number of thiophene rings is 1. The van der Waals surface area contributed by atoms with Crippen LogP contribution in [-0.4, -0.2) is 70.6 Å². The molecule has 3 aliphatic rings. The highest BCUT2D eigenvalue weighted by molar-refractivity contribution is 7.09. The van der Waals surface area contributed by atoms with Crippen molar-refractivity contribution in [3.63, 3.8) is 0 Å². The molecule has 1 aliphatic heterocycles. The maximum Gasteiger partial charge on any atom is 0.316 e. The molecular formula is C34H52N6O6S. The van der Waals surface area contributed by atoms with Crippen molar-refractivity contribution < 1.29 is 28.8 Å². The molecule has 2 saturated carbocycles. The third-order valence-corrected chi connectivity index (χ3v) is 10.8. The van der Waals surface area contributed by atoms with Crippen molar-refractivity contribution in [3.8, 4) is 0 Å². The molecular weight excluding hydrogens is 620 g/mol. The summed E-state index contributed by atoms with van der Waals surface area (Å²) in [6.45, 7) is 10.1. The Morgan fingerprint density at radius 3 is 2.26 bits per heavy atom. The second kappa shape index (κ2) is 15.2. The molecule has 2 heterocycles. The van der Waals surface area contributed by atoms with E-state index < -0.39 is 58.6 Å². The first-order chi connectivity index (χ1) is 22.1. The van der Waals surface area contributed by atoms with Crippen LogP contribution in [0.4, 0.5) is 4.79 Å². The number of hydrogen-bond acceptors (Lipinski definition) is 7. The SMILES string of the molecule is CC(C)[C@H]1CCN(C(=O)[C@@H](NC(=O)NC2(C(=O)NCc3cccs3)CCCCC2)C(C)(C)C)C1C(=O)NC(CC1CC1)C(=O)C(N)=O. The molecule has 0 spiro atoms. The standard InChI is InChI=1S/C34H52N6O6S/c1-20(2)23-13-16-40(25(23)29(43)37-24(18-21-11-12-21)26(41)28(35)42)30(44)27(33(3,4)5)38-32(46)39-34(14-7-6-8-15-34)31(45)36-19-22-10-9-17-47-22/h9-10,17,20-21,23-25,27H,6-8,11-16,18-19H2,1-5H3,(H2,35,42)(H,36,45)(H,37,43)(H2,38,39,46)/t23-,24?,25?,27-/m1/s1. The van der Waals surface area contributed by atoms with Crippen molar-refractivity contribution in [1.29, 1.82) is 0 Å². The van der Waals surface area contributed by atoms with E-state index in [-0.39, 0.29) is 23.7 Å². The fourth-order valence-electron chi connectivity index (χ4n) is 6.96. The van der Waals surface area contributed by atoms with E-state index in [1.165, 1.54) is 4.90 Å². The molecule has 260 valence electrons. The van der Waals surface area contributed by atoms with Crippen LogP contribution in [0, 0.1) is 23.2 Å². The lowest BCUT2D eigenvalue weighted by atomic mass is 9.80. The predicted molar refractivity (Wildman–Crippen MR) is 179 cm³/mol. The third kappa shape index (κ3) is 9.11. The lowest BCUT2D eigenvalue weighted by molar-refractivity contribution is -0.144. The van der Waals surface area contributed by atoms with Gasteiger partial charge in [-0.3, -0.25) is 24.0 Å². The van der Waals surface area contributed by atoms with Gasteiger partial charge in [0.15, 0.2) is 0 Å². The number of amides is 6. The molecule has 1 saturated heterocycles. The Bertz CT molecular complexity index is 1310. The van der Waals surface area contributed by atoms with Crippen LogP contribution in [0.2, 0.25) is 0 Å². The maximum atomic E-state index is 14.4. The second-order valence-electron chi connectivity index (χ2n) is 14.9. The van der Waals surface area contributed by atoms with Gasteiger partial charge in [0.05, 0.1) is 12.6 Å². The fraction of sp³-hybridized carbons (Fsp3) is 0.706. The van der Waals surface area contributed by atoms with Gasteiger partial charge < -0.3 is 31.9 Å². The van der Waals surface area contributed by atoms with Crippen LogP contribution in [0.5, 0.6) is 0 Å². The van der Waals surface area contributed by atoms with E-state index in [4.69, 9.17) is 5.73 Å². The van der Waals surface area contributed by atoms with E-state index in [0.29, 0.717) is 38.8 Å². The predicted octanol–water partition coefficient (Wildman–Crippen LogP) is 2.99. The van der Waals surface area contributed by atoms with E-state index in [0.717, 1.165) is 37.0 Å². The molecule has 0 bridgehead atoms. The van der Waals surface area contributed by atoms with E-state index >= 15 is 0 Å². The van der Waals surface area contributed by atoms with Crippen molar-refractivity contribution in [2.75, 3.05) is 6.54 Å². The number of likely N-dealkylation sites (tertiary alicyclic amines) is 1. The topological polar surface area (TPSA) is 180 Å². The fourth-order valence-corrected chi connectivity index (χ4v) is 7.60. The van der Waals surface area contributed by atoms with Crippen LogP contribution in [0.25, 0.3) is 0 Å². The van der Waals surface area contributed by atoms with E-state index in [9.17, 15) is 28.8 Å². The van der Waals surface area contributed by atoms with Crippen molar-refractivity contribution in [3.05, 3.63) is 22.4 Å². The van der Waals surface area contributed by atoms with Crippen LogP contribution in [-0.2, 0) is 30.5 Å². The number of urea groups is 1. The molecule has 1 aromatic rings. The third-order valence-electron chi connectivity index (χ3n) is 9.88. The highest BCUT2D eigenvalue weighted by Gasteiger charge is 2.49. The Kier molecular flexibility index (Phi) is 11.7. The van der Waals surface area contributed by atoms with Crippen LogP contribution < -0.4 is 27.0 Å². The van der Waals surface area contributed by atoms with E-state index in [2.05, 4.69) is 21.3 Å². The number of nitrogens with one attached hydrogen (secondary N) is 4. The summed E-state index contributed by atoms with van der Waals surface area (Å²) >= 11 is 1.54. The van der Waals surface area contributed by atoms with E-state index in [1.807, 2.05) is 52.1 Å². The Morgan fingerprint density at radius 1 is 1.02 bits per heavy atom. The lowest BCUT2D eigenvalue weighted by Crippen LogP contribution is -2.65. The maximum absolute atomic E-state index is 14.4. The van der Waals surface area contributed by atoms with E-state index in [1.54, 1.807) is 11.3 Å². The Morgan fingerprint density at radius 2 is 1.70 bits per heavy atom. The lowest BCUT2D eigenvalue weighted by Gasteiger charge is -2.39. The van der Waals surface area contributed by atoms with Crippen molar-refractivity contribution in [2.24, 2.45) is 28.9 Å². The molecule has 3 fully saturated rings. The Hall–Kier alpha value is -3.48. The molecule has 2 unspecified atom stereocenters. The minimum absolute atomic E-state index is 0.0421. The first kappa shape index (κ1) is 36.4. The number of nitrogens with two attached hydrogens (primary N) is 1. The highest BCUT2D eigenvalue weighted by atomic mass is 32.1. The number of carbonyl (C=O) groups excluding carboxylic acids is 6. The summed E-state index contributed by atoms with van der Waals surface area (Å²) in [7, 11) is 0. The van der Waals surface area contributed by atoms with Gasteiger partial charge in [0.2, 0.25) is 23.5 Å². The zero-order chi connectivity index (χ0) is 34.5. The molecule has 6 N–H and O–H groups in total. The zero-order valence-corrected chi connectivity index (χ0v) is 29.2. The number of hydrogen-bond donors (Lipinski definition) is 5. The summed E-state index contributed by atoms with van der Waals surface area (Å²) in [5.41, 5.74) is 3.46. The van der Waals surface area contributed by atoms with Crippen molar-refractivity contribution in [1.82, 2.24) is 26.2 Å². The van der Waals surface area contributed by atoms with Gasteiger partial charge in [-0.25, -0.2) is 4.79 Å². The van der Waals surface area contributed by atoms with Crippen molar-refractivity contribution in [2.45, 2.75) is 123 Å². The average molecular weight is 673 g/mol. The first-order valence-corrected chi connectivity index (χ1v) is 17.8. The van der Waals surface area contributed by atoms with Gasteiger partial charge in [0.25, 0.3) is 5.91 Å². The number of Topliss-reactive ketones (excluding diaryl/α,β-unsaturated/α-hetero) is 1. The number of nitrogens with zero attached hydrogens (tertiary/aromatic N) is 1. The molecule has 1 aromatic heterocycles. The Labute approximate surface area is 281 Å². The summed E-state index contributed by atoms with van der Waals surface area (Å²) in [4.78, 5) is 82.4. The first-order valence-electron chi connectivity index (χ1n) is 17.0. The van der Waals surface area contributed by atoms with Gasteiger partial charge in [0, 0.05) is 11.4 Å². The number of ketones is 1. The number of rotatable bonds is 13. The van der Waals surface area contributed by atoms with Gasteiger partial charge in [-0.05, 0) is 60.3 Å². The van der Waals surface area contributed by atoms with Gasteiger partial charge in [-0.1, -0.05) is 72.8 Å². The highest BCUT2D eigenvalue weighted by Crippen LogP contribution is 2.36. The summed E-state index contributed by atoms with van der Waals surface area (Å²) in [5.74, 6) is -3.03. The minimum Gasteiger partial charge on any atom is -0.363 e. The second-order valence-corrected chi connectivity index (χ2v) is 16.0. The zero-order valence-electron chi connectivity index (χ0n) is 28.4. The molecule has 47 heavy (non-hydrogen) atoms. The molecule has 4 atom stereocenters. The minimum atomic E-state index is -1.10. The summed E-state index contributed by atoms with van der Waals surface area (Å²) < 4.78 is 0. The molecule has 2 aliphatic carbocycles. The van der Waals surface area contributed by atoms with Crippen LogP contribution in [0.3, 0.4) is 0 Å². The van der Waals surface area contributed by atoms with Crippen molar-refractivity contribution >= 4 is 46.8 Å². The smallest absolute Gasteiger partial charge is 0.316 e. The molecule has 0 aromatic carbocycles. The van der Waals surface area contributed by atoms with Gasteiger partial charge in [-0.2, -0.15) is 0 Å². The summed E-state index contributed by atoms with van der Waals surface area (Å²) in [5, 5.41) is 13.5. The monoisotopic (exact) mass is 672 g/mol. The molecule has 12 nitrogen and oxygen atoms in total. The molecule has 13 heteroatoms. The van der Waals surface area contributed by atoms with Crippen LogP contribution in [0.1, 0.15) is 97.3 Å². The van der Waals surface area contributed by atoms with Gasteiger partial charge in [-0.15, -0.1) is 11.3 Å². The molecule has 0 radical (unpaired) electrons. The van der Waals surface area contributed by atoms with Crippen LogP contribution in [0.15, 0.2) is 17.5 Å².